The number of nitrogens with zero attached hydrogens (tertiary/aromatic N) is 2. The van der Waals surface area contributed by atoms with Crippen molar-refractivity contribution in [3.8, 4) is 0 Å². The smallest absolute Gasteiger partial charge is 0.283 e. The maximum Gasteiger partial charge on any atom is 0.283 e. The van der Waals surface area contributed by atoms with E-state index >= 15 is 0 Å². The molecule has 1 heterocycles. The van der Waals surface area contributed by atoms with Gasteiger partial charge < -0.3 is 15.2 Å². The Bertz CT molecular complexity index is 499. The Morgan fingerprint density at radius 2 is 2.37 bits per heavy atom. The summed E-state index contributed by atoms with van der Waals surface area (Å²) in [7, 11) is 1.58. The number of halogens is 1. The number of aromatic nitrogens is 2. The SMILES string of the molecule is COCCn1ncc(NCC2(CO)CC2)c(Br)c1=O. The molecule has 0 aliphatic heterocycles. The van der Waals surface area contributed by atoms with E-state index in [0.717, 1.165) is 12.8 Å². The predicted octanol–water partition coefficient (Wildman–Crippen LogP) is 0.837. The first-order valence-electron chi connectivity index (χ1n) is 6.21. The summed E-state index contributed by atoms with van der Waals surface area (Å²) >= 11 is 3.29. The van der Waals surface area contributed by atoms with Crippen LogP contribution >= 0.6 is 15.9 Å². The van der Waals surface area contributed by atoms with Gasteiger partial charge in [0.15, 0.2) is 0 Å². The summed E-state index contributed by atoms with van der Waals surface area (Å²) in [4.78, 5) is 12.0. The van der Waals surface area contributed by atoms with Crippen LogP contribution < -0.4 is 10.9 Å². The van der Waals surface area contributed by atoms with Crippen LogP contribution in [0, 0.1) is 5.41 Å². The molecule has 1 aromatic rings. The number of nitrogens with one attached hydrogen (secondary N) is 1. The van der Waals surface area contributed by atoms with Crippen molar-refractivity contribution >= 4 is 21.6 Å². The fraction of sp³-hybridized carbons (Fsp3) is 0.667. The van der Waals surface area contributed by atoms with Crippen LogP contribution in [0.2, 0.25) is 0 Å². The Morgan fingerprint density at radius 3 is 2.95 bits per heavy atom. The normalized spacial score (nSPS) is 16.4. The Labute approximate surface area is 119 Å². The molecule has 0 atom stereocenters. The average Bonchev–Trinajstić information content (AvgIpc) is 3.20. The van der Waals surface area contributed by atoms with Gasteiger partial charge in [-0.3, -0.25) is 4.79 Å². The van der Waals surface area contributed by atoms with Gasteiger partial charge >= 0.3 is 0 Å². The summed E-state index contributed by atoms with van der Waals surface area (Å²) in [6.07, 6.45) is 3.66. The second-order valence-electron chi connectivity index (χ2n) is 4.90. The van der Waals surface area contributed by atoms with Crippen LogP contribution in [0.3, 0.4) is 0 Å². The molecule has 106 valence electrons. The first kappa shape index (κ1) is 14.5. The average molecular weight is 332 g/mol. The van der Waals surface area contributed by atoms with Crippen molar-refractivity contribution in [2.75, 3.05) is 32.2 Å². The van der Waals surface area contributed by atoms with Crippen molar-refractivity contribution in [1.29, 1.82) is 0 Å². The second-order valence-corrected chi connectivity index (χ2v) is 5.70. The molecular formula is C12H18BrN3O3. The first-order chi connectivity index (χ1) is 9.12. The number of hydrogen-bond donors (Lipinski definition) is 2. The molecule has 1 aromatic heterocycles. The molecule has 2 rings (SSSR count). The summed E-state index contributed by atoms with van der Waals surface area (Å²) in [5.41, 5.74) is 0.471. The molecular weight excluding hydrogens is 314 g/mol. The van der Waals surface area contributed by atoms with E-state index in [4.69, 9.17) is 4.74 Å². The quantitative estimate of drug-likeness (QED) is 0.774. The molecule has 2 N–H and O–H groups in total. The van der Waals surface area contributed by atoms with E-state index in [9.17, 15) is 9.90 Å². The van der Waals surface area contributed by atoms with Gasteiger partial charge in [-0.1, -0.05) is 0 Å². The number of anilines is 1. The Morgan fingerprint density at radius 1 is 1.63 bits per heavy atom. The maximum absolute atomic E-state index is 12.0. The minimum absolute atomic E-state index is 0.00957. The standard InChI is InChI=1S/C12H18BrN3O3/c1-19-5-4-16-11(18)10(13)9(6-15-16)14-7-12(8-17)2-3-12/h6,14,17H,2-5,7-8H2,1H3. The third kappa shape index (κ3) is 3.34. The molecule has 0 spiro atoms. The number of methoxy groups -OCH3 is 1. The van der Waals surface area contributed by atoms with Crippen LogP contribution in [0.5, 0.6) is 0 Å². The molecule has 0 saturated heterocycles. The van der Waals surface area contributed by atoms with E-state index < -0.39 is 0 Å². The van der Waals surface area contributed by atoms with Crippen LogP contribution in [0.1, 0.15) is 12.8 Å². The fourth-order valence-corrected chi connectivity index (χ4v) is 2.22. The van der Waals surface area contributed by atoms with Crippen LogP contribution in [0.4, 0.5) is 5.69 Å². The van der Waals surface area contributed by atoms with Crippen LogP contribution in [-0.4, -0.2) is 41.8 Å². The van der Waals surface area contributed by atoms with Crippen LogP contribution in [0.25, 0.3) is 0 Å². The summed E-state index contributed by atoms with van der Waals surface area (Å²) in [6, 6.07) is 0. The number of rotatable bonds is 7. The summed E-state index contributed by atoms with van der Waals surface area (Å²) < 4.78 is 6.75. The van der Waals surface area contributed by atoms with Gasteiger partial charge in [-0.05, 0) is 28.8 Å². The van der Waals surface area contributed by atoms with Gasteiger partial charge in [-0.25, -0.2) is 4.68 Å². The molecule has 1 aliphatic rings. The largest absolute Gasteiger partial charge is 0.396 e. The van der Waals surface area contributed by atoms with Gasteiger partial charge in [-0.2, -0.15) is 5.10 Å². The minimum Gasteiger partial charge on any atom is -0.396 e. The molecule has 7 heteroatoms. The summed E-state index contributed by atoms with van der Waals surface area (Å²) in [5, 5.41) is 16.5. The van der Waals surface area contributed by atoms with Crippen LogP contribution in [-0.2, 0) is 11.3 Å². The number of ether oxygens (including phenoxy) is 1. The Balaban J connectivity index is 2.06. The zero-order valence-corrected chi connectivity index (χ0v) is 12.4. The summed E-state index contributed by atoms with van der Waals surface area (Å²) in [5.74, 6) is 0. The minimum atomic E-state index is -0.184. The van der Waals surface area contributed by atoms with Crippen LogP contribution in [0.15, 0.2) is 15.5 Å². The Kier molecular flexibility index (Phi) is 4.59. The highest BCUT2D eigenvalue weighted by molar-refractivity contribution is 9.10. The molecule has 1 aliphatic carbocycles. The zero-order valence-electron chi connectivity index (χ0n) is 10.9. The van der Waals surface area contributed by atoms with Gasteiger partial charge in [0.25, 0.3) is 5.56 Å². The highest BCUT2D eigenvalue weighted by atomic mass is 79.9. The monoisotopic (exact) mass is 331 g/mol. The fourth-order valence-electron chi connectivity index (χ4n) is 1.78. The lowest BCUT2D eigenvalue weighted by Gasteiger charge is -2.15. The van der Waals surface area contributed by atoms with Gasteiger partial charge in [0.1, 0.15) is 4.47 Å². The van der Waals surface area contributed by atoms with Gasteiger partial charge in [-0.15, -0.1) is 0 Å². The molecule has 1 saturated carbocycles. The maximum atomic E-state index is 12.0. The second kappa shape index (κ2) is 6.02. The molecule has 0 amide bonds. The highest BCUT2D eigenvalue weighted by Gasteiger charge is 2.41. The van der Waals surface area contributed by atoms with Gasteiger partial charge in [0, 0.05) is 19.1 Å². The van der Waals surface area contributed by atoms with Crippen molar-refractivity contribution in [2.45, 2.75) is 19.4 Å². The molecule has 0 aromatic carbocycles. The van der Waals surface area contributed by atoms with E-state index in [0.29, 0.717) is 29.9 Å². The molecule has 1 fully saturated rings. The lowest BCUT2D eigenvalue weighted by Crippen LogP contribution is -2.27. The number of hydrogen-bond acceptors (Lipinski definition) is 5. The lowest BCUT2D eigenvalue weighted by atomic mass is 10.1. The number of aliphatic hydroxyl groups is 1. The van der Waals surface area contributed by atoms with E-state index in [1.54, 1.807) is 13.3 Å². The third-order valence-corrected chi connectivity index (χ3v) is 4.20. The molecule has 19 heavy (non-hydrogen) atoms. The van der Waals surface area contributed by atoms with Gasteiger partial charge in [0.05, 0.1) is 31.6 Å². The first-order valence-corrected chi connectivity index (χ1v) is 7.00. The number of aliphatic hydroxyl groups excluding tert-OH is 1. The molecule has 0 radical (unpaired) electrons. The summed E-state index contributed by atoms with van der Waals surface area (Å²) in [6.45, 7) is 1.70. The van der Waals surface area contributed by atoms with Gasteiger partial charge in [0.2, 0.25) is 0 Å². The third-order valence-electron chi connectivity index (χ3n) is 3.44. The van der Waals surface area contributed by atoms with E-state index in [-0.39, 0.29) is 17.6 Å². The van der Waals surface area contributed by atoms with E-state index in [1.165, 1.54) is 4.68 Å². The van der Waals surface area contributed by atoms with Crippen molar-refractivity contribution in [1.82, 2.24) is 9.78 Å². The predicted molar refractivity (Wildman–Crippen MR) is 75.3 cm³/mol. The van der Waals surface area contributed by atoms with E-state index in [1.807, 2.05) is 0 Å². The topological polar surface area (TPSA) is 76.4 Å². The zero-order chi connectivity index (χ0) is 13.9. The van der Waals surface area contributed by atoms with Crippen molar-refractivity contribution < 1.29 is 9.84 Å². The molecule has 0 unspecified atom stereocenters. The molecule has 0 bridgehead atoms. The van der Waals surface area contributed by atoms with Crippen molar-refractivity contribution in [3.05, 3.63) is 21.0 Å². The Hall–Kier alpha value is -0.920. The van der Waals surface area contributed by atoms with Crippen molar-refractivity contribution in [3.63, 3.8) is 0 Å². The van der Waals surface area contributed by atoms with Crippen molar-refractivity contribution in [2.24, 2.45) is 5.41 Å². The lowest BCUT2D eigenvalue weighted by molar-refractivity contribution is 0.181. The highest BCUT2D eigenvalue weighted by Crippen LogP contribution is 2.45. The molecule has 6 nitrogen and oxygen atoms in total. The van der Waals surface area contributed by atoms with E-state index in [2.05, 4.69) is 26.3 Å².